The maximum atomic E-state index is 12.6. The molecule has 0 aliphatic carbocycles. The van der Waals surface area contributed by atoms with Gasteiger partial charge in [-0.15, -0.1) is 0 Å². The van der Waals surface area contributed by atoms with E-state index in [1.165, 1.54) is 0 Å². The molecule has 1 rings (SSSR count). The van der Waals surface area contributed by atoms with Gasteiger partial charge in [0.2, 0.25) is 0 Å². The third-order valence-corrected chi connectivity index (χ3v) is 3.24. The zero-order valence-electron chi connectivity index (χ0n) is 12.9. The molecule has 0 saturated carbocycles. The second-order valence-corrected chi connectivity index (χ2v) is 6.01. The molecule has 1 aromatic carbocycles. The summed E-state index contributed by atoms with van der Waals surface area (Å²) >= 11 is 0. The molecule has 5 nitrogen and oxygen atoms in total. The summed E-state index contributed by atoms with van der Waals surface area (Å²) in [6.07, 6.45) is 0.713. The first-order valence-corrected chi connectivity index (χ1v) is 7.08. The van der Waals surface area contributed by atoms with Crippen LogP contribution in [0.3, 0.4) is 0 Å². The Balaban J connectivity index is 2.91. The molecular weight excluding hydrogens is 268 g/mol. The van der Waals surface area contributed by atoms with Gasteiger partial charge in [-0.3, -0.25) is 9.59 Å². The fraction of sp³-hybridized carbons (Fsp3) is 0.500. The van der Waals surface area contributed by atoms with Crippen molar-refractivity contribution in [3.05, 3.63) is 35.4 Å². The quantitative estimate of drug-likeness (QED) is 0.839. The Hall–Kier alpha value is -1.88. The first-order chi connectivity index (χ1) is 9.75. The van der Waals surface area contributed by atoms with Crippen LogP contribution in [0.4, 0.5) is 0 Å². The van der Waals surface area contributed by atoms with Crippen molar-refractivity contribution in [2.75, 3.05) is 13.1 Å². The lowest BCUT2D eigenvalue weighted by atomic mass is 10.0. The molecule has 1 amide bonds. The Kier molecular flexibility index (Phi) is 5.90. The standard InChI is InChI=1S/C16H24N2O3/c1-16(2,3)18(11-9-14(19)20)15(21)13-6-4-12(5-7-13)8-10-17/h4-7H,8-11,17H2,1-3H3,(H,19,20). The number of aliphatic carboxylic acids is 1. The van der Waals surface area contributed by atoms with E-state index < -0.39 is 11.5 Å². The summed E-state index contributed by atoms with van der Waals surface area (Å²) in [6, 6.07) is 7.32. The zero-order chi connectivity index (χ0) is 16.0. The predicted octanol–water partition coefficient (Wildman–Crippen LogP) is 1.90. The minimum absolute atomic E-state index is 0.0612. The van der Waals surface area contributed by atoms with Crippen LogP contribution >= 0.6 is 0 Å². The van der Waals surface area contributed by atoms with Gasteiger partial charge >= 0.3 is 5.97 Å². The highest BCUT2D eigenvalue weighted by molar-refractivity contribution is 5.94. The molecule has 0 saturated heterocycles. The lowest BCUT2D eigenvalue weighted by Crippen LogP contribution is -2.46. The van der Waals surface area contributed by atoms with Crippen LogP contribution in [0.2, 0.25) is 0 Å². The van der Waals surface area contributed by atoms with Crippen LogP contribution in [-0.2, 0) is 11.2 Å². The number of benzene rings is 1. The third-order valence-electron chi connectivity index (χ3n) is 3.24. The molecule has 5 heteroatoms. The molecule has 1 aromatic rings. The number of amides is 1. The predicted molar refractivity (Wildman–Crippen MR) is 82.2 cm³/mol. The van der Waals surface area contributed by atoms with Gasteiger partial charge in [0.15, 0.2) is 0 Å². The van der Waals surface area contributed by atoms with Crippen molar-refractivity contribution >= 4 is 11.9 Å². The van der Waals surface area contributed by atoms with Crippen LogP contribution in [-0.4, -0.2) is 40.5 Å². The molecule has 0 radical (unpaired) electrons. The monoisotopic (exact) mass is 292 g/mol. The van der Waals surface area contributed by atoms with E-state index in [0.29, 0.717) is 12.1 Å². The van der Waals surface area contributed by atoms with E-state index in [1.807, 2.05) is 32.9 Å². The summed E-state index contributed by atoms with van der Waals surface area (Å²) in [4.78, 5) is 24.9. The number of carbonyl (C=O) groups is 2. The van der Waals surface area contributed by atoms with Gasteiger partial charge in [-0.2, -0.15) is 0 Å². The van der Waals surface area contributed by atoms with Gasteiger partial charge in [0.05, 0.1) is 6.42 Å². The van der Waals surface area contributed by atoms with E-state index in [2.05, 4.69) is 0 Å². The molecule has 3 N–H and O–H groups in total. The Morgan fingerprint density at radius 3 is 2.19 bits per heavy atom. The Bertz CT molecular complexity index is 489. The van der Waals surface area contributed by atoms with Crippen molar-refractivity contribution in [1.82, 2.24) is 4.90 Å². The molecule has 0 aliphatic heterocycles. The van der Waals surface area contributed by atoms with Crippen molar-refractivity contribution in [2.24, 2.45) is 5.73 Å². The SMILES string of the molecule is CC(C)(C)N(CCC(=O)O)C(=O)c1ccc(CCN)cc1. The molecule has 0 heterocycles. The van der Waals surface area contributed by atoms with Crippen molar-refractivity contribution in [3.8, 4) is 0 Å². The van der Waals surface area contributed by atoms with Crippen molar-refractivity contribution in [1.29, 1.82) is 0 Å². The van der Waals surface area contributed by atoms with Crippen LogP contribution in [0.15, 0.2) is 24.3 Å². The number of carboxylic acid groups (broad SMARTS) is 1. The van der Waals surface area contributed by atoms with Crippen LogP contribution in [0.5, 0.6) is 0 Å². The highest BCUT2D eigenvalue weighted by atomic mass is 16.4. The average molecular weight is 292 g/mol. The molecule has 116 valence electrons. The Labute approximate surface area is 125 Å². The van der Waals surface area contributed by atoms with Crippen LogP contribution in [0.1, 0.15) is 43.1 Å². The van der Waals surface area contributed by atoms with Gasteiger partial charge in [-0.1, -0.05) is 12.1 Å². The van der Waals surface area contributed by atoms with Gasteiger partial charge in [-0.25, -0.2) is 0 Å². The molecule has 0 aromatic heterocycles. The Morgan fingerprint density at radius 2 is 1.76 bits per heavy atom. The van der Waals surface area contributed by atoms with Crippen molar-refractivity contribution in [2.45, 2.75) is 39.2 Å². The van der Waals surface area contributed by atoms with E-state index in [4.69, 9.17) is 10.8 Å². The number of hydrogen-bond acceptors (Lipinski definition) is 3. The normalized spacial score (nSPS) is 11.2. The second-order valence-electron chi connectivity index (χ2n) is 6.01. The number of carbonyl (C=O) groups excluding carboxylic acids is 1. The second kappa shape index (κ2) is 7.22. The number of rotatable bonds is 6. The van der Waals surface area contributed by atoms with Crippen LogP contribution in [0, 0.1) is 0 Å². The first-order valence-electron chi connectivity index (χ1n) is 7.08. The smallest absolute Gasteiger partial charge is 0.305 e. The van der Waals surface area contributed by atoms with E-state index in [9.17, 15) is 9.59 Å². The van der Waals surface area contributed by atoms with Gasteiger partial charge in [0, 0.05) is 17.6 Å². The number of carboxylic acids is 1. The van der Waals surface area contributed by atoms with Crippen LogP contribution in [0.25, 0.3) is 0 Å². The molecule has 21 heavy (non-hydrogen) atoms. The first kappa shape index (κ1) is 17.2. The highest BCUT2D eigenvalue weighted by Gasteiger charge is 2.27. The topological polar surface area (TPSA) is 83.6 Å². The lowest BCUT2D eigenvalue weighted by Gasteiger charge is -2.35. The van der Waals surface area contributed by atoms with E-state index in [1.54, 1.807) is 17.0 Å². The molecule has 0 spiro atoms. The van der Waals surface area contributed by atoms with Crippen LogP contribution < -0.4 is 5.73 Å². The van der Waals surface area contributed by atoms with Gasteiger partial charge in [-0.05, 0) is 51.4 Å². The zero-order valence-corrected chi connectivity index (χ0v) is 12.9. The lowest BCUT2D eigenvalue weighted by molar-refractivity contribution is -0.137. The minimum Gasteiger partial charge on any atom is -0.481 e. The fourth-order valence-corrected chi connectivity index (χ4v) is 2.09. The number of nitrogens with two attached hydrogens (primary N) is 1. The summed E-state index contributed by atoms with van der Waals surface area (Å²) in [6.45, 7) is 6.46. The summed E-state index contributed by atoms with van der Waals surface area (Å²) in [5, 5.41) is 8.83. The van der Waals surface area contributed by atoms with Crippen molar-refractivity contribution < 1.29 is 14.7 Å². The molecule has 0 bridgehead atoms. The number of hydrogen-bond donors (Lipinski definition) is 2. The number of nitrogens with zero attached hydrogens (tertiary/aromatic N) is 1. The molecular formula is C16H24N2O3. The summed E-state index contributed by atoms with van der Waals surface area (Å²) < 4.78 is 0. The third kappa shape index (κ3) is 5.19. The largest absolute Gasteiger partial charge is 0.481 e. The molecule has 0 unspecified atom stereocenters. The Morgan fingerprint density at radius 1 is 1.19 bits per heavy atom. The van der Waals surface area contributed by atoms with Gasteiger partial charge in [0.25, 0.3) is 5.91 Å². The molecule has 0 fully saturated rings. The molecule has 0 atom stereocenters. The van der Waals surface area contributed by atoms with E-state index >= 15 is 0 Å². The summed E-state index contributed by atoms with van der Waals surface area (Å²) in [5.41, 5.74) is 6.72. The average Bonchev–Trinajstić information content (AvgIpc) is 2.38. The van der Waals surface area contributed by atoms with E-state index in [0.717, 1.165) is 12.0 Å². The highest BCUT2D eigenvalue weighted by Crippen LogP contribution is 2.18. The maximum Gasteiger partial charge on any atom is 0.305 e. The fourth-order valence-electron chi connectivity index (χ4n) is 2.09. The summed E-state index contributed by atoms with van der Waals surface area (Å²) in [5.74, 6) is -1.06. The minimum atomic E-state index is -0.907. The van der Waals surface area contributed by atoms with Crippen molar-refractivity contribution in [3.63, 3.8) is 0 Å². The maximum absolute atomic E-state index is 12.6. The van der Waals surface area contributed by atoms with E-state index in [-0.39, 0.29) is 18.9 Å². The van der Waals surface area contributed by atoms with Gasteiger partial charge < -0.3 is 15.7 Å². The summed E-state index contributed by atoms with van der Waals surface area (Å²) in [7, 11) is 0. The van der Waals surface area contributed by atoms with Gasteiger partial charge in [0.1, 0.15) is 0 Å². The molecule has 0 aliphatic rings.